The van der Waals surface area contributed by atoms with Crippen molar-refractivity contribution in [3.63, 3.8) is 0 Å². The summed E-state index contributed by atoms with van der Waals surface area (Å²) in [4.78, 5) is 27.8. The zero-order valence-corrected chi connectivity index (χ0v) is 14.5. The van der Waals surface area contributed by atoms with Crippen LogP contribution in [0, 0.1) is 11.3 Å². The van der Waals surface area contributed by atoms with Crippen molar-refractivity contribution in [2.24, 2.45) is 0 Å². The highest BCUT2D eigenvalue weighted by atomic mass is 16.2. The fourth-order valence-corrected chi connectivity index (χ4v) is 3.66. The number of nitriles is 1. The van der Waals surface area contributed by atoms with E-state index in [4.69, 9.17) is 5.26 Å². The molecule has 0 spiro atoms. The molecule has 3 heterocycles. The normalized spacial score (nSPS) is 21.0. The Morgan fingerprint density at radius 1 is 1.00 bits per heavy atom. The third kappa shape index (κ3) is 3.11. The molecule has 0 bridgehead atoms. The summed E-state index contributed by atoms with van der Waals surface area (Å²) < 4.78 is 0. The molecule has 1 aromatic carbocycles. The number of anilines is 2. The Balaban J connectivity index is 1.39. The van der Waals surface area contributed by atoms with Crippen molar-refractivity contribution in [2.75, 3.05) is 42.5 Å². The van der Waals surface area contributed by atoms with Crippen LogP contribution in [-0.2, 0) is 4.79 Å². The van der Waals surface area contributed by atoms with Crippen LogP contribution in [-0.4, -0.2) is 59.5 Å². The van der Waals surface area contributed by atoms with Gasteiger partial charge >= 0.3 is 0 Å². The van der Waals surface area contributed by atoms with Crippen molar-refractivity contribution in [3.05, 3.63) is 48.3 Å². The van der Waals surface area contributed by atoms with Gasteiger partial charge in [-0.3, -0.25) is 9.69 Å². The number of hydrogen-bond acceptors (Lipinski definition) is 6. The monoisotopic (exact) mass is 348 g/mol. The smallest absolute Gasteiger partial charge is 0.244 e. The summed E-state index contributed by atoms with van der Waals surface area (Å²) in [5.74, 6) is 0.906. The van der Waals surface area contributed by atoms with E-state index < -0.39 is 0 Å². The summed E-state index contributed by atoms with van der Waals surface area (Å²) in [6.07, 6.45) is 4.34. The van der Waals surface area contributed by atoms with Gasteiger partial charge in [0.25, 0.3) is 0 Å². The van der Waals surface area contributed by atoms with E-state index in [-0.39, 0.29) is 11.9 Å². The predicted molar refractivity (Wildman–Crippen MR) is 97.7 cm³/mol. The summed E-state index contributed by atoms with van der Waals surface area (Å²) in [6.45, 7) is 4.03. The van der Waals surface area contributed by atoms with Crippen molar-refractivity contribution in [3.8, 4) is 6.07 Å². The van der Waals surface area contributed by atoms with Crippen LogP contribution in [0.2, 0.25) is 0 Å². The van der Waals surface area contributed by atoms with E-state index in [1.807, 2.05) is 23.1 Å². The van der Waals surface area contributed by atoms with Crippen molar-refractivity contribution < 1.29 is 4.79 Å². The second-order valence-corrected chi connectivity index (χ2v) is 6.52. The SMILES string of the molecule is N#Cc1ccc(N2CC[C@@H](N3CCN(c4ncccn4)CC3)C2=O)cc1. The number of rotatable bonds is 3. The van der Waals surface area contributed by atoms with E-state index >= 15 is 0 Å². The van der Waals surface area contributed by atoms with Crippen LogP contribution in [0.1, 0.15) is 12.0 Å². The van der Waals surface area contributed by atoms with Gasteiger partial charge in [-0.25, -0.2) is 9.97 Å². The molecular formula is C19H20N6O. The van der Waals surface area contributed by atoms with Gasteiger partial charge in [0.15, 0.2) is 0 Å². The van der Waals surface area contributed by atoms with Gasteiger partial charge in [-0.2, -0.15) is 5.26 Å². The molecule has 7 nitrogen and oxygen atoms in total. The fraction of sp³-hybridized carbons (Fsp3) is 0.368. The molecule has 4 rings (SSSR count). The third-order valence-corrected chi connectivity index (χ3v) is 5.08. The summed E-state index contributed by atoms with van der Waals surface area (Å²) in [5.41, 5.74) is 1.48. The minimum Gasteiger partial charge on any atom is -0.338 e. The van der Waals surface area contributed by atoms with Gasteiger partial charge in [0, 0.05) is 50.8 Å². The maximum absolute atomic E-state index is 12.9. The molecule has 132 valence electrons. The van der Waals surface area contributed by atoms with Gasteiger partial charge in [0.2, 0.25) is 11.9 Å². The first kappa shape index (κ1) is 16.5. The summed E-state index contributed by atoms with van der Waals surface area (Å²) >= 11 is 0. The molecule has 2 fully saturated rings. The summed E-state index contributed by atoms with van der Waals surface area (Å²) in [5, 5.41) is 8.91. The van der Waals surface area contributed by atoms with E-state index in [1.165, 1.54) is 0 Å². The Morgan fingerprint density at radius 3 is 2.35 bits per heavy atom. The number of amides is 1. The van der Waals surface area contributed by atoms with E-state index in [0.717, 1.165) is 50.8 Å². The standard InChI is InChI=1S/C19H20N6O/c20-14-15-2-4-16(5-3-15)25-9-6-17(18(25)26)23-10-12-24(13-11-23)19-21-7-1-8-22-19/h1-5,7-8,17H,6,9-13H2/t17-/m1/s1. The largest absolute Gasteiger partial charge is 0.338 e. The van der Waals surface area contributed by atoms with Crippen LogP contribution in [0.15, 0.2) is 42.7 Å². The maximum Gasteiger partial charge on any atom is 0.244 e. The Labute approximate surface area is 152 Å². The zero-order valence-electron chi connectivity index (χ0n) is 14.5. The average molecular weight is 348 g/mol. The minimum absolute atomic E-state index is 0.0653. The Kier molecular flexibility index (Phi) is 4.50. The number of carbonyl (C=O) groups is 1. The van der Waals surface area contributed by atoms with E-state index in [9.17, 15) is 4.79 Å². The first-order valence-corrected chi connectivity index (χ1v) is 8.84. The van der Waals surface area contributed by atoms with Crippen LogP contribution in [0.25, 0.3) is 0 Å². The molecule has 0 N–H and O–H groups in total. The van der Waals surface area contributed by atoms with Gasteiger partial charge in [-0.15, -0.1) is 0 Å². The quantitative estimate of drug-likeness (QED) is 0.832. The molecule has 0 saturated carbocycles. The zero-order chi connectivity index (χ0) is 17.9. The van der Waals surface area contributed by atoms with Crippen LogP contribution in [0.5, 0.6) is 0 Å². The number of piperazine rings is 1. The molecule has 26 heavy (non-hydrogen) atoms. The topological polar surface area (TPSA) is 76.4 Å². The molecule has 0 aliphatic carbocycles. The van der Waals surface area contributed by atoms with Gasteiger partial charge in [0.1, 0.15) is 0 Å². The number of nitrogens with zero attached hydrogens (tertiary/aromatic N) is 6. The number of carbonyl (C=O) groups excluding carboxylic acids is 1. The Hall–Kier alpha value is -2.98. The molecule has 0 unspecified atom stereocenters. The number of benzene rings is 1. The molecule has 7 heteroatoms. The van der Waals surface area contributed by atoms with E-state index in [1.54, 1.807) is 24.5 Å². The molecule has 1 amide bonds. The highest BCUT2D eigenvalue weighted by molar-refractivity contribution is 5.99. The molecule has 2 aliphatic rings. The van der Waals surface area contributed by atoms with Gasteiger partial charge < -0.3 is 9.80 Å². The van der Waals surface area contributed by atoms with Crippen LogP contribution < -0.4 is 9.80 Å². The Bertz CT molecular complexity index is 808. The highest BCUT2D eigenvalue weighted by Crippen LogP contribution is 2.25. The first-order chi connectivity index (χ1) is 12.8. The highest BCUT2D eigenvalue weighted by Gasteiger charge is 2.37. The second kappa shape index (κ2) is 7.10. The van der Waals surface area contributed by atoms with Gasteiger partial charge in [-0.1, -0.05) is 0 Å². The lowest BCUT2D eigenvalue weighted by molar-refractivity contribution is -0.121. The second-order valence-electron chi connectivity index (χ2n) is 6.52. The molecule has 2 aliphatic heterocycles. The third-order valence-electron chi connectivity index (χ3n) is 5.08. The van der Waals surface area contributed by atoms with E-state index in [0.29, 0.717) is 5.56 Å². The minimum atomic E-state index is -0.0653. The number of aromatic nitrogens is 2. The molecule has 1 aromatic heterocycles. The molecule has 2 saturated heterocycles. The number of hydrogen-bond donors (Lipinski definition) is 0. The summed E-state index contributed by atoms with van der Waals surface area (Å²) in [6, 6.07) is 11.1. The fourth-order valence-electron chi connectivity index (χ4n) is 3.66. The lowest BCUT2D eigenvalue weighted by atomic mass is 10.2. The van der Waals surface area contributed by atoms with Gasteiger partial charge in [-0.05, 0) is 36.8 Å². The molecular weight excluding hydrogens is 328 g/mol. The van der Waals surface area contributed by atoms with Crippen LogP contribution in [0.3, 0.4) is 0 Å². The molecule has 1 atom stereocenters. The predicted octanol–water partition coefficient (Wildman–Crippen LogP) is 1.28. The van der Waals surface area contributed by atoms with Gasteiger partial charge in [0.05, 0.1) is 17.7 Å². The first-order valence-electron chi connectivity index (χ1n) is 8.84. The van der Waals surface area contributed by atoms with Crippen molar-refractivity contribution in [1.29, 1.82) is 5.26 Å². The molecule has 2 aromatic rings. The van der Waals surface area contributed by atoms with E-state index in [2.05, 4.69) is 25.8 Å². The van der Waals surface area contributed by atoms with Crippen LogP contribution in [0.4, 0.5) is 11.6 Å². The van der Waals surface area contributed by atoms with Crippen LogP contribution >= 0.6 is 0 Å². The summed E-state index contributed by atoms with van der Waals surface area (Å²) in [7, 11) is 0. The average Bonchev–Trinajstić information content (AvgIpc) is 3.10. The van der Waals surface area contributed by atoms with Crippen molar-refractivity contribution in [1.82, 2.24) is 14.9 Å². The maximum atomic E-state index is 12.9. The Morgan fingerprint density at radius 2 is 1.69 bits per heavy atom. The molecule has 0 radical (unpaired) electrons. The van der Waals surface area contributed by atoms with Crippen molar-refractivity contribution >= 4 is 17.5 Å². The lowest BCUT2D eigenvalue weighted by Crippen LogP contribution is -2.53. The van der Waals surface area contributed by atoms with Crippen molar-refractivity contribution in [2.45, 2.75) is 12.5 Å². The lowest BCUT2D eigenvalue weighted by Gasteiger charge is -2.37.